The molecular weight excluding hydrogens is 130 g/mol. The first-order valence-electron chi connectivity index (χ1n) is 3.53. The van der Waals surface area contributed by atoms with Gasteiger partial charge in [-0.05, 0) is 20.8 Å². The summed E-state index contributed by atoms with van der Waals surface area (Å²) in [7, 11) is 0. The molecule has 0 aromatic heterocycles. The summed E-state index contributed by atoms with van der Waals surface area (Å²) in [6.07, 6.45) is -0.799. The summed E-state index contributed by atoms with van der Waals surface area (Å²) >= 11 is 0. The normalized spacial score (nSPS) is 12.6. The van der Waals surface area contributed by atoms with Crippen molar-refractivity contribution in [3.63, 3.8) is 0 Å². The number of aliphatic hydroxyl groups is 2. The van der Waals surface area contributed by atoms with E-state index in [0.717, 1.165) is 0 Å². The molecule has 0 aliphatic rings. The van der Waals surface area contributed by atoms with Crippen LogP contribution in [0.25, 0.3) is 0 Å². The Morgan fingerprint density at radius 2 is 1.80 bits per heavy atom. The van der Waals surface area contributed by atoms with Gasteiger partial charge in [0.15, 0.2) is 6.29 Å². The maximum atomic E-state index is 8.46. The Hall–Kier alpha value is -0.120. The van der Waals surface area contributed by atoms with Crippen LogP contribution in [0.15, 0.2) is 0 Å². The van der Waals surface area contributed by atoms with Gasteiger partial charge in [0, 0.05) is 18.5 Å². The third kappa shape index (κ3) is 7.88. The molecule has 0 aliphatic carbocycles. The topological polar surface area (TPSA) is 52.5 Å². The van der Waals surface area contributed by atoms with Crippen LogP contribution in [0.2, 0.25) is 0 Å². The van der Waals surface area contributed by atoms with Gasteiger partial charge in [-0.2, -0.15) is 0 Å². The zero-order valence-electron chi connectivity index (χ0n) is 6.89. The van der Waals surface area contributed by atoms with E-state index in [4.69, 9.17) is 10.2 Å². The lowest BCUT2D eigenvalue weighted by Crippen LogP contribution is -2.37. The Labute approximate surface area is 62.1 Å². The van der Waals surface area contributed by atoms with Crippen molar-refractivity contribution < 1.29 is 10.2 Å². The van der Waals surface area contributed by atoms with Gasteiger partial charge in [0.05, 0.1) is 0 Å². The molecule has 0 aromatic rings. The molecule has 3 nitrogen and oxygen atoms in total. The van der Waals surface area contributed by atoms with Crippen molar-refractivity contribution in [1.29, 1.82) is 0 Å². The van der Waals surface area contributed by atoms with Crippen LogP contribution in [0.5, 0.6) is 0 Å². The van der Waals surface area contributed by atoms with Crippen molar-refractivity contribution in [3.05, 3.63) is 0 Å². The second kappa shape index (κ2) is 3.91. The van der Waals surface area contributed by atoms with E-state index in [1.165, 1.54) is 0 Å². The van der Waals surface area contributed by atoms with Crippen LogP contribution in [0.4, 0.5) is 0 Å². The molecule has 0 aromatic carbocycles. The van der Waals surface area contributed by atoms with Crippen molar-refractivity contribution in [1.82, 2.24) is 5.32 Å². The van der Waals surface area contributed by atoms with Crippen LogP contribution in [0, 0.1) is 0 Å². The van der Waals surface area contributed by atoms with Crippen LogP contribution >= 0.6 is 0 Å². The molecule has 0 saturated heterocycles. The number of rotatable bonds is 3. The molecule has 0 spiro atoms. The molecule has 0 bridgehead atoms. The van der Waals surface area contributed by atoms with E-state index in [1.807, 2.05) is 20.8 Å². The third-order valence-corrected chi connectivity index (χ3v) is 1.06. The average molecular weight is 147 g/mol. The molecule has 0 saturated carbocycles. The van der Waals surface area contributed by atoms with Crippen molar-refractivity contribution in [2.75, 3.05) is 6.54 Å². The molecule has 0 atom stereocenters. The highest BCUT2D eigenvalue weighted by Gasteiger charge is 2.08. The van der Waals surface area contributed by atoms with Crippen LogP contribution < -0.4 is 5.32 Å². The summed E-state index contributed by atoms with van der Waals surface area (Å²) in [5.41, 5.74) is 0.0644. The lowest BCUT2D eigenvalue weighted by atomic mass is 10.1. The zero-order chi connectivity index (χ0) is 8.20. The third-order valence-electron chi connectivity index (χ3n) is 1.06. The van der Waals surface area contributed by atoms with E-state index in [9.17, 15) is 0 Å². The van der Waals surface area contributed by atoms with Crippen LogP contribution in [0.3, 0.4) is 0 Å². The van der Waals surface area contributed by atoms with Gasteiger partial charge >= 0.3 is 0 Å². The van der Waals surface area contributed by atoms with Gasteiger partial charge in [-0.1, -0.05) is 0 Å². The van der Waals surface area contributed by atoms with Crippen LogP contribution in [-0.4, -0.2) is 28.6 Å². The second-order valence-electron chi connectivity index (χ2n) is 3.45. The van der Waals surface area contributed by atoms with Gasteiger partial charge < -0.3 is 15.5 Å². The fourth-order valence-corrected chi connectivity index (χ4v) is 0.576. The van der Waals surface area contributed by atoms with E-state index in [-0.39, 0.29) is 5.54 Å². The summed E-state index contributed by atoms with van der Waals surface area (Å²) < 4.78 is 0. The quantitative estimate of drug-likeness (QED) is 0.495. The molecule has 3 heteroatoms. The Balaban J connectivity index is 3.21. The molecule has 0 amide bonds. The summed E-state index contributed by atoms with van der Waals surface area (Å²) in [4.78, 5) is 0. The minimum Gasteiger partial charge on any atom is -0.368 e. The molecule has 0 radical (unpaired) electrons. The van der Waals surface area contributed by atoms with E-state index >= 15 is 0 Å². The monoisotopic (exact) mass is 147 g/mol. The lowest BCUT2D eigenvalue weighted by molar-refractivity contribution is -0.0451. The van der Waals surface area contributed by atoms with Crippen LogP contribution in [-0.2, 0) is 0 Å². The minimum absolute atomic E-state index is 0.0644. The van der Waals surface area contributed by atoms with E-state index < -0.39 is 6.29 Å². The molecule has 0 aliphatic heterocycles. The molecule has 0 rings (SSSR count). The summed E-state index contributed by atoms with van der Waals surface area (Å²) in [6.45, 7) is 6.76. The van der Waals surface area contributed by atoms with Crippen molar-refractivity contribution >= 4 is 0 Å². The fourth-order valence-electron chi connectivity index (χ4n) is 0.576. The van der Waals surface area contributed by atoms with Gasteiger partial charge in [-0.3, -0.25) is 0 Å². The number of nitrogens with one attached hydrogen (secondary N) is 1. The maximum Gasteiger partial charge on any atom is 0.152 e. The molecule has 0 heterocycles. The van der Waals surface area contributed by atoms with E-state index in [0.29, 0.717) is 13.0 Å². The number of aliphatic hydroxyl groups excluding tert-OH is 1. The van der Waals surface area contributed by atoms with Gasteiger partial charge in [0.1, 0.15) is 0 Å². The summed E-state index contributed by atoms with van der Waals surface area (Å²) in [6, 6.07) is 0. The fraction of sp³-hybridized carbons (Fsp3) is 1.00. The highest BCUT2D eigenvalue weighted by atomic mass is 16.5. The number of hydrogen-bond donors (Lipinski definition) is 3. The second-order valence-corrected chi connectivity index (χ2v) is 3.45. The molecule has 10 heavy (non-hydrogen) atoms. The Bertz CT molecular complexity index is 86.1. The lowest BCUT2D eigenvalue weighted by Gasteiger charge is -2.20. The van der Waals surface area contributed by atoms with Gasteiger partial charge in [0.25, 0.3) is 0 Å². The SMILES string of the molecule is CC(C)(C)NCCC(O)O. The Kier molecular flexibility index (Phi) is 3.86. The number of hydrogen-bond acceptors (Lipinski definition) is 3. The molecular formula is C7H17NO2. The molecule has 0 fully saturated rings. The molecule has 3 N–H and O–H groups in total. The predicted octanol–water partition coefficient (Wildman–Crippen LogP) is 0.0753. The predicted molar refractivity (Wildman–Crippen MR) is 40.6 cm³/mol. The van der Waals surface area contributed by atoms with Crippen LogP contribution in [0.1, 0.15) is 27.2 Å². The van der Waals surface area contributed by atoms with Gasteiger partial charge in [-0.25, -0.2) is 0 Å². The molecule has 0 unspecified atom stereocenters. The zero-order valence-corrected chi connectivity index (χ0v) is 6.89. The Morgan fingerprint density at radius 1 is 1.30 bits per heavy atom. The molecule has 62 valence electrons. The smallest absolute Gasteiger partial charge is 0.152 e. The van der Waals surface area contributed by atoms with Gasteiger partial charge in [0.2, 0.25) is 0 Å². The first kappa shape index (κ1) is 9.88. The van der Waals surface area contributed by atoms with Gasteiger partial charge in [-0.15, -0.1) is 0 Å². The largest absolute Gasteiger partial charge is 0.368 e. The average Bonchev–Trinajstić information content (AvgIpc) is 1.59. The summed E-state index contributed by atoms with van der Waals surface area (Å²) in [5, 5.41) is 20.1. The maximum absolute atomic E-state index is 8.46. The highest BCUT2D eigenvalue weighted by Crippen LogP contribution is 1.98. The Morgan fingerprint density at radius 3 is 2.10 bits per heavy atom. The first-order valence-corrected chi connectivity index (χ1v) is 3.53. The minimum atomic E-state index is -1.19. The van der Waals surface area contributed by atoms with E-state index in [1.54, 1.807) is 0 Å². The van der Waals surface area contributed by atoms with Crippen molar-refractivity contribution in [3.8, 4) is 0 Å². The highest BCUT2D eigenvalue weighted by molar-refractivity contribution is 4.69. The van der Waals surface area contributed by atoms with E-state index in [2.05, 4.69) is 5.32 Å². The van der Waals surface area contributed by atoms with Crippen molar-refractivity contribution in [2.24, 2.45) is 0 Å². The standard InChI is InChI=1S/C7H17NO2/c1-7(2,3)8-5-4-6(9)10/h6,8-10H,4-5H2,1-3H3. The van der Waals surface area contributed by atoms with Crippen molar-refractivity contribution in [2.45, 2.75) is 39.0 Å². The summed E-state index contributed by atoms with van der Waals surface area (Å²) in [5.74, 6) is 0. The first-order chi connectivity index (χ1) is 4.42.